The molecule has 0 saturated heterocycles. The third kappa shape index (κ3) is 1.52. The third-order valence-electron chi connectivity index (χ3n) is 2.69. The maximum absolute atomic E-state index is 11.1. The zero-order chi connectivity index (χ0) is 10.1. The molecule has 74 valence electrons. The van der Waals surface area contributed by atoms with Crippen LogP contribution in [0.5, 0.6) is 0 Å². The van der Waals surface area contributed by atoms with Crippen molar-refractivity contribution in [1.29, 1.82) is 0 Å². The van der Waals surface area contributed by atoms with Gasteiger partial charge in [-0.1, -0.05) is 19.9 Å². The van der Waals surface area contributed by atoms with E-state index in [0.29, 0.717) is 5.92 Å². The summed E-state index contributed by atoms with van der Waals surface area (Å²) in [6.45, 7) is 4.37. The molecule has 1 aliphatic carbocycles. The van der Waals surface area contributed by atoms with Gasteiger partial charge in [0.1, 0.15) is 0 Å². The fourth-order valence-corrected chi connectivity index (χ4v) is 2.01. The van der Waals surface area contributed by atoms with Gasteiger partial charge in [-0.15, -0.1) is 0 Å². The maximum atomic E-state index is 11.1. The van der Waals surface area contributed by atoms with E-state index in [9.17, 15) is 4.79 Å². The van der Waals surface area contributed by atoms with Crippen molar-refractivity contribution in [1.82, 2.24) is 4.98 Å². The van der Waals surface area contributed by atoms with Crippen LogP contribution >= 0.6 is 0 Å². The van der Waals surface area contributed by atoms with Crippen LogP contribution in [0.25, 0.3) is 5.57 Å². The lowest BCUT2D eigenvalue weighted by Gasteiger charge is -2.19. The molecular formula is C12H15NO. The summed E-state index contributed by atoms with van der Waals surface area (Å²) in [5, 5.41) is 0. The van der Waals surface area contributed by atoms with Crippen molar-refractivity contribution in [2.75, 3.05) is 0 Å². The van der Waals surface area contributed by atoms with Crippen molar-refractivity contribution in [2.45, 2.75) is 26.7 Å². The fourth-order valence-electron chi connectivity index (χ4n) is 2.01. The number of allylic oxidation sites excluding steroid dienone is 2. The molecule has 1 aromatic heterocycles. The first-order chi connectivity index (χ1) is 6.68. The fraction of sp³-hybridized carbons (Fsp3) is 0.417. The average Bonchev–Trinajstić information content (AvgIpc) is 2.16. The molecule has 1 N–H and O–H groups in total. The number of hydrogen-bond acceptors (Lipinski definition) is 1. The van der Waals surface area contributed by atoms with E-state index in [1.54, 1.807) is 6.07 Å². The lowest BCUT2D eigenvalue weighted by molar-refractivity contribution is 0.814. The summed E-state index contributed by atoms with van der Waals surface area (Å²) in [7, 11) is 0. The van der Waals surface area contributed by atoms with E-state index in [4.69, 9.17) is 0 Å². The first kappa shape index (κ1) is 9.25. The van der Waals surface area contributed by atoms with Crippen molar-refractivity contribution in [3.8, 4) is 0 Å². The van der Waals surface area contributed by atoms with Gasteiger partial charge < -0.3 is 4.98 Å². The second-order valence-corrected chi connectivity index (χ2v) is 4.07. The summed E-state index contributed by atoms with van der Waals surface area (Å²) in [4.78, 5) is 14.1. The van der Waals surface area contributed by atoms with Gasteiger partial charge in [-0.3, -0.25) is 4.79 Å². The monoisotopic (exact) mass is 189 g/mol. The second-order valence-electron chi connectivity index (χ2n) is 4.07. The Labute approximate surface area is 83.7 Å². The molecular weight excluding hydrogens is 174 g/mol. The van der Waals surface area contributed by atoms with E-state index in [1.807, 2.05) is 6.07 Å². The van der Waals surface area contributed by atoms with Crippen LogP contribution in [0.1, 0.15) is 31.5 Å². The van der Waals surface area contributed by atoms with Crippen LogP contribution in [0, 0.1) is 5.92 Å². The van der Waals surface area contributed by atoms with E-state index in [2.05, 4.69) is 24.9 Å². The summed E-state index contributed by atoms with van der Waals surface area (Å²) in [6, 6.07) is 3.56. The Balaban J connectivity index is 2.54. The van der Waals surface area contributed by atoms with Crippen LogP contribution < -0.4 is 5.56 Å². The van der Waals surface area contributed by atoms with E-state index in [0.717, 1.165) is 18.5 Å². The molecule has 2 rings (SSSR count). The number of aryl methyl sites for hydroxylation is 1. The van der Waals surface area contributed by atoms with Crippen LogP contribution in [-0.2, 0) is 6.42 Å². The maximum Gasteiger partial charge on any atom is 0.248 e. The molecule has 1 aromatic rings. The first-order valence-electron chi connectivity index (χ1n) is 5.11. The lowest BCUT2D eigenvalue weighted by atomic mass is 9.88. The molecule has 0 radical (unpaired) electrons. The number of rotatable bonds is 1. The van der Waals surface area contributed by atoms with Gasteiger partial charge in [-0.05, 0) is 36.0 Å². The molecule has 0 amide bonds. The Kier molecular flexibility index (Phi) is 2.28. The molecule has 0 aromatic carbocycles. The molecule has 0 saturated carbocycles. The Morgan fingerprint density at radius 3 is 2.86 bits per heavy atom. The summed E-state index contributed by atoms with van der Waals surface area (Å²) in [5.74, 6) is 0.528. The zero-order valence-corrected chi connectivity index (χ0v) is 8.63. The number of nitrogens with one attached hydrogen (secondary N) is 1. The van der Waals surface area contributed by atoms with Gasteiger partial charge in [0, 0.05) is 11.8 Å². The van der Waals surface area contributed by atoms with Crippen LogP contribution in [0.15, 0.2) is 23.0 Å². The Morgan fingerprint density at radius 2 is 2.14 bits per heavy atom. The minimum Gasteiger partial charge on any atom is -0.326 e. The van der Waals surface area contributed by atoms with Crippen molar-refractivity contribution in [3.63, 3.8) is 0 Å². The summed E-state index contributed by atoms with van der Waals surface area (Å²) < 4.78 is 0. The molecule has 1 heterocycles. The highest BCUT2D eigenvalue weighted by Gasteiger charge is 2.15. The van der Waals surface area contributed by atoms with Crippen LogP contribution in [-0.4, -0.2) is 4.98 Å². The molecule has 0 bridgehead atoms. The van der Waals surface area contributed by atoms with E-state index >= 15 is 0 Å². The zero-order valence-electron chi connectivity index (χ0n) is 8.63. The number of H-pyrrole nitrogens is 1. The van der Waals surface area contributed by atoms with Gasteiger partial charge >= 0.3 is 0 Å². The SMILES string of the molecule is CC(C)C1=CCCc2[nH]c(=O)ccc21. The summed E-state index contributed by atoms with van der Waals surface area (Å²) >= 11 is 0. The molecule has 2 heteroatoms. The minimum atomic E-state index is 0.00811. The normalized spacial score (nSPS) is 15.2. The molecule has 0 spiro atoms. The van der Waals surface area contributed by atoms with Crippen LogP contribution in [0.4, 0.5) is 0 Å². The number of aromatic amines is 1. The smallest absolute Gasteiger partial charge is 0.248 e. The van der Waals surface area contributed by atoms with Gasteiger partial charge in [0.2, 0.25) is 5.56 Å². The topological polar surface area (TPSA) is 32.9 Å². The molecule has 14 heavy (non-hydrogen) atoms. The van der Waals surface area contributed by atoms with Crippen LogP contribution in [0.2, 0.25) is 0 Å². The van der Waals surface area contributed by atoms with Gasteiger partial charge in [-0.25, -0.2) is 0 Å². The third-order valence-corrected chi connectivity index (χ3v) is 2.69. The molecule has 0 atom stereocenters. The van der Waals surface area contributed by atoms with Crippen LogP contribution in [0.3, 0.4) is 0 Å². The summed E-state index contributed by atoms with van der Waals surface area (Å²) in [5.41, 5.74) is 3.70. The highest BCUT2D eigenvalue weighted by molar-refractivity contribution is 5.70. The number of pyridine rings is 1. The van der Waals surface area contributed by atoms with E-state index in [-0.39, 0.29) is 5.56 Å². The Morgan fingerprint density at radius 1 is 1.36 bits per heavy atom. The van der Waals surface area contributed by atoms with E-state index < -0.39 is 0 Å². The lowest BCUT2D eigenvalue weighted by Crippen LogP contribution is -2.13. The second kappa shape index (κ2) is 3.45. The van der Waals surface area contributed by atoms with Crippen molar-refractivity contribution < 1.29 is 0 Å². The average molecular weight is 189 g/mol. The van der Waals surface area contributed by atoms with Crippen molar-refractivity contribution in [3.05, 3.63) is 39.8 Å². The molecule has 0 fully saturated rings. The predicted octanol–water partition coefficient (Wildman–Crippen LogP) is 2.36. The predicted molar refractivity (Wildman–Crippen MR) is 58.2 cm³/mol. The minimum absolute atomic E-state index is 0.00811. The molecule has 0 aliphatic heterocycles. The number of fused-ring (bicyclic) bond motifs is 1. The van der Waals surface area contributed by atoms with Gasteiger partial charge in [0.05, 0.1) is 0 Å². The van der Waals surface area contributed by atoms with Gasteiger partial charge in [0.25, 0.3) is 0 Å². The number of aromatic nitrogens is 1. The summed E-state index contributed by atoms with van der Waals surface area (Å²) in [6.07, 6.45) is 4.29. The highest BCUT2D eigenvalue weighted by Crippen LogP contribution is 2.29. The quantitative estimate of drug-likeness (QED) is 0.722. The Bertz CT molecular complexity index is 426. The van der Waals surface area contributed by atoms with Gasteiger partial charge in [0.15, 0.2) is 0 Å². The number of hydrogen-bond donors (Lipinski definition) is 1. The largest absolute Gasteiger partial charge is 0.326 e. The first-order valence-corrected chi connectivity index (χ1v) is 5.11. The van der Waals surface area contributed by atoms with Crippen molar-refractivity contribution >= 4 is 5.57 Å². The Hall–Kier alpha value is -1.31. The molecule has 0 unspecified atom stereocenters. The highest BCUT2D eigenvalue weighted by atomic mass is 16.1. The molecule has 2 nitrogen and oxygen atoms in total. The van der Waals surface area contributed by atoms with Gasteiger partial charge in [-0.2, -0.15) is 0 Å². The molecule has 1 aliphatic rings. The van der Waals surface area contributed by atoms with E-state index in [1.165, 1.54) is 11.1 Å². The standard InChI is InChI=1S/C12H15NO/c1-8(2)9-4-3-5-11-10(9)6-7-12(14)13-11/h4,6-8H,3,5H2,1-2H3,(H,13,14). The van der Waals surface area contributed by atoms with Crippen molar-refractivity contribution in [2.24, 2.45) is 5.92 Å².